The minimum Gasteiger partial charge on any atom is -0.384 e. The van der Waals surface area contributed by atoms with Crippen LogP contribution in [0.1, 0.15) is 24.7 Å². The lowest BCUT2D eigenvalue weighted by atomic mass is 10.3. The Balaban J connectivity index is 1.92. The molecule has 0 fully saturated rings. The number of aromatic nitrogens is 3. The summed E-state index contributed by atoms with van der Waals surface area (Å²) in [4.78, 5) is 27.7. The normalized spacial score (nSPS) is 12.1. The quantitative estimate of drug-likeness (QED) is 0.789. The van der Waals surface area contributed by atoms with Crippen LogP contribution in [0.5, 0.6) is 0 Å². The van der Waals surface area contributed by atoms with Crippen molar-refractivity contribution < 1.29 is 14.1 Å². The Hall–Kier alpha value is -2.48. The van der Waals surface area contributed by atoms with Crippen LogP contribution in [0, 0.1) is 0 Å². The summed E-state index contributed by atoms with van der Waals surface area (Å²) in [5.74, 6) is 0.537. The van der Waals surface area contributed by atoms with Gasteiger partial charge in [0.05, 0.1) is 6.61 Å². The smallest absolute Gasteiger partial charge is 0.250 e. The molecule has 0 aliphatic carbocycles. The Morgan fingerprint density at radius 3 is 3.05 bits per heavy atom. The first-order chi connectivity index (χ1) is 10.6. The maximum absolute atomic E-state index is 11.9. The molecule has 0 radical (unpaired) electrons. The second kappa shape index (κ2) is 7.51. The van der Waals surface area contributed by atoms with Crippen molar-refractivity contribution in [2.24, 2.45) is 0 Å². The van der Waals surface area contributed by atoms with E-state index in [0.717, 1.165) is 0 Å². The maximum atomic E-state index is 11.9. The fourth-order valence-electron chi connectivity index (χ4n) is 1.83. The first kappa shape index (κ1) is 15.9. The topological polar surface area (TPSA) is 99.3 Å². The number of pyridine rings is 1. The molecule has 8 heteroatoms. The molecular formula is C14H18N4O4. The van der Waals surface area contributed by atoms with Crippen molar-refractivity contribution in [3.63, 3.8) is 0 Å². The lowest BCUT2D eigenvalue weighted by molar-refractivity contribution is -0.122. The first-order valence-corrected chi connectivity index (χ1v) is 6.86. The number of hydrogen-bond acceptors (Lipinski definition) is 6. The van der Waals surface area contributed by atoms with Crippen LogP contribution in [-0.2, 0) is 22.5 Å². The molecule has 0 unspecified atom stereocenters. The Bertz CT molecular complexity index is 679. The van der Waals surface area contributed by atoms with Crippen molar-refractivity contribution >= 4 is 5.91 Å². The van der Waals surface area contributed by atoms with Crippen LogP contribution in [0.4, 0.5) is 0 Å². The summed E-state index contributed by atoms with van der Waals surface area (Å²) in [5.41, 5.74) is -0.232. The first-order valence-electron chi connectivity index (χ1n) is 6.86. The molecule has 2 aromatic heterocycles. The van der Waals surface area contributed by atoms with Gasteiger partial charge in [-0.2, -0.15) is 4.98 Å². The van der Waals surface area contributed by atoms with Crippen LogP contribution in [0.2, 0.25) is 0 Å². The van der Waals surface area contributed by atoms with Gasteiger partial charge in [0.15, 0.2) is 5.82 Å². The van der Waals surface area contributed by atoms with E-state index in [2.05, 4.69) is 15.5 Å². The zero-order valence-corrected chi connectivity index (χ0v) is 12.5. The summed E-state index contributed by atoms with van der Waals surface area (Å²) in [7, 11) is 1.59. The predicted octanol–water partition coefficient (Wildman–Crippen LogP) is 0.298. The largest absolute Gasteiger partial charge is 0.384 e. The molecule has 1 amide bonds. The van der Waals surface area contributed by atoms with E-state index in [9.17, 15) is 9.59 Å². The summed E-state index contributed by atoms with van der Waals surface area (Å²) < 4.78 is 11.4. The molecular weight excluding hydrogens is 288 g/mol. The molecule has 0 saturated heterocycles. The minimum atomic E-state index is -0.435. The van der Waals surface area contributed by atoms with Crippen LogP contribution >= 0.6 is 0 Å². The molecule has 1 atom stereocenters. The molecule has 0 aliphatic rings. The van der Waals surface area contributed by atoms with Gasteiger partial charge in [-0.25, -0.2) is 0 Å². The van der Waals surface area contributed by atoms with E-state index in [-0.39, 0.29) is 18.0 Å². The molecule has 118 valence electrons. The Labute approximate surface area is 127 Å². The molecule has 2 aromatic rings. The SMILES string of the molecule is COCCc1noc([C@@H](C)NC(=O)Cn2ccccc2=O)n1. The van der Waals surface area contributed by atoms with Gasteiger partial charge < -0.3 is 19.1 Å². The van der Waals surface area contributed by atoms with E-state index in [1.807, 2.05) is 0 Å². The highest BCUT2D eigenvalue weighted by atomic mass is 16.5. The summed E-state index contributed by atoms with van der Waals surface area (Å²) in [6.07, 6.45) is 2.10. The van der Waals surface area contributed by atoms with Gasteiger partial charge in [0.25, 0.3) is 5.56 Å². The second-order valence-corrected chi connectivity index (χ2v) is 4.75. The highest BCUT2D eigenvalue weighted by Crippen LogP contribution is 2.09. The zero-order valence-electron chi connectivity index (χ0n) is 12.5. The fourth-order valence-corrected chi connectivity index (χ4v) is 1.83. The van der Waals surface area contributed by atoms with Crippen molar-refractivity contribution in [1.82, 2.24) is 20.0 Å². The highest BCUT2D eigenvalue weighted by Gasteiger charge is 2.16. The number of hydrogen-bond donors (Lipinski definition) is 1. The maximum Gasteiger partial charge on any atom is 0.250 e. The highest BCUT2D eigenvalue weighted by molar-refractivity contribution is 5.76. The van der Waals surface area contributed by atoms with Crippen molar-refractivity contribution in [3.8, 4) is 0 Å². The number of nitrogens with one attached hydrogen (secondary N) is 1. The van der Waals surface area contributed by atoms with Crippen molar-refractivity contribution in [3.05, 3.63) is 46.5 Å². The Morgan fingerprint density at radius 1 is 1.50 bits per heavy atom. The number of methoxy groups -OCH3 is 1. The van der Waals surface area contributed by atoms with Gasteiger partial charge in [-0.1, -0.05) is 11.2 Å². The minimum absolute atomic E-state index is 0.0608. The van der Waals surface area contributed by atoms with Crippen molar-refractivity contribution in [1.29, 1.82) is 0 Å². The molecule has 22 heavy (non-hydrogen) atoms. The molecule has 0 bridgehead atoms. The van der Waals surface area contributed by atoms with Gasteiger partial charge in [-0.15, -0.1) is 0 Å². The van der Waals surface area contributed by atoms with Gasteiger partial charge in [-0.05, 0) is 13.0 Å². The number of carbonyl (C=O) groups is 1. The molecule has 0 spiro atoms. The number of nitrogens with zero attached hydrogens (tertiary/aromatic N) is 3. The van der Waals surface area contributed by atoms with Crippen molar-refractivity contribution in [2.75, 3.05) is 13.7 Å². The van der Waals surface area contributed by atoms with Crippen LogP contribution in [0.3, 0.4) is 0 Å². The summed E-state index contributed by atoms with van der Waals surface area (Å²) in [5, 5.41) is 6.52. The van der Waals surface area contributed by atoms with E-state index in [4.69, 9.17) is 9.26 Å². The van der Waals surface area contributed by atoms with Gasteiger partial charge in [0.2, 0.25) is 11.8 Å². The van der Waals surface area contributed by atoms with Crippen LogP contribution in [0.25, 0.3) is 0 Å². The monoisotopic (exact) mass is 306 g/mol. The average Bonchev–Trinajstić information content (AvgIpc) is 2.96. The van der Waals surface area contributed by atoms with Gasteiger partial charge in [0, 0.05) is 25.8 Å². The van der Waals surface area contributed by atoms with Gasteiger partial charge in [-0.3, -0.25) is 9.59 Å². The summed E-state index contributed by atoms with van der Waals surface area (Å²) in [6.45, 7) is 2.17. The van der Waals surface area contributed by atoms with E-state index in [0.29, 0.717) is 24.7 Å². The van der Waals surface area contributed by atoms with Crippen LogP contribution in [0.15, 0.2) is 33.7 Å². The number of ether oxygens (including phenoxy) is 1. The fraction of sp³-hybridized carbons (Fsp3) is 0.429. The summed E-state index contributed by atoms with van der Waals surface area (Å²) in [6, 6.07) is 4.28. The molecule has 8 nitrogen and oxygen atoms in total. The Morgan fingerprint density at radius 2 is 2.32 bits per heavy atom. The van der Waals surface area contributed by atoms with E-state index < -0.39 is 6.04 Å². The van der Waals surface area contributed by atoms with E-state index in [1.165, 1.54) is 10.6 Å². The second-order valence-electron chi connectivity index (χ2n) is 4.75. The third-order valence-electron chi connectivity index (χ3n) is 2.97. The molecule has 1 N–H and O–H groups in total. The Kier molecular flexibility index (Phi) is 5.42. The standard InChI is InChI=1S/C14H18N4O4/c1-10(14-16-11(17-22-14)6-8-21-2)15-12(19)9-18-7-4-3-5-13(18)20/h3-5,7,10H,6,8-9H2,1-2H3,(H,15,19)/t10-/m1/s1. The van der Waals surface area contributed by atoms with Crippen LogP contribution in [-0.4, -0.2) is 34.3 Å². The number of amides is 1. The summed E-state index contributed by atoms with van der Waals surface area (Å²) >= 11 is 0. The lowest BCUT2D eigenvalue weighted by Crippen LogP contribution is -2.33. The van der Waals surface area contributed by atoms with Crippen LogP contribution < -0.4 is 10.9 Å². The van der Waals surface area contributed by atoms with E-state index in [1.54, 1.807) is 32.4 Å². The van der Waals surface area contributed by atoms with Gasteiger partial charge >= 0.3 is 0 Å². The number of rotatable bonds is 7. The molecule has 2 rings (SSSR count). The zero-order chi connectivity index (χ0) is 15.9. The molecule has 2 heterocycles. The predicted molar refractivity (Wildman–Crippen MR) is 77.1 cm³/mol. The molecule has 0 saturated carbocycles. The number of carbonyl (C=O) groups excluding carboxylic acids is 1. The van der Waals surface area contributed by atoms with E-state index >= 15 is 0 Å². The third kappa shape index (κ3) is 4.26. The van der Waals surface area contributed by atoms with Crippen molar-refractivity contribution in [2.45, 2.75) is 25.9 Å². The van der Waals surface area contributed by atoms with Gasteiger partial charge in [0.1, 0.15) is 12.6 Å². The average molecular weight is 306 g/mol. The third-order valence-corrected chi connectivity index (χ3v) is 2.97. The molecule has 0 aromatic carbocycles. The lowest BCUT2D eigenvalue weighted by Gasteiger charge is -2.10. The molecule has 0 aliphatic heterocycles.